The second-order valence-electron chi connectivity index (χ2n) is 5.43. The van der Waals surface area contributed by atoms with Crippen LogP contribution in [-0.2, 0) is 0 Å². The highest BCUT2D eigenvalue weighted by Crippen LogP contribution is 2.25. The molecular formula is C14H25N3O. The summed E-state index contributed by atoms with van der Waals surface area (Å²) in [6, 6.07) is 6.07. The van der Waals surface area contributed by atoms with Crippen molar-refractivity contribution in [2.45, 2.75) is 40.2 Å². The molecule has 3 N–H and O–H groups in total. The third-order valence-electron chi connectivity index (χ3n) is 2.84. The zero-order valence-corrected chi connectivity index (χ0v) is 11.9. The van der Waals surface area contributed by atoms with Crippen LogP contribution in [0.2, 0.25) is 0 Å². The third-order valence-corrected chi connectivity index (χ3v) is 2.84. The lowest BCUT2D eigenvalue weighted by Gasteiger charge is -2.31. The summed E-state index contributed by atoms with van der Waals surface area (Å²) < 4.78 is 5.40. The molecule has 0 saturated heterocycles. The fraction of sp³-hybridized carbons (Fsp3) is 0.643. The summed E-state index contributed by atoms with van der Waals surface area (Å²) in [7, 11) is 0. The first kappa shape index (κ1) is 14.8. The van der Waals surface area contributed by atoms with E-state index in [9.17, 15) is 0 Å². The fourth-order valence-electron chi connectivity index (χ4n) is 1.79. The Bertz CT molecular complexity index is 360. The fourth-order valence-corrected chi connectivity index (χ4v) is 1.79. The average molecular weight is 251 g/mol. The number of nitrogens with two attached hydrogens (primary N) is 1. The lowest BCUT2D eigenvalue weighted by atomic mass is 9.85. The average Bonchev–Trinajstić information content (AvgIpc) is 2.28. The highest BCUT2D eigenvalue weighted by atomic mass is 16.5. The molecule has 1 aromatic heterocycles. The van der Waals surface area contributed by atoms with Crippen LogP contribution in [0.5, 0.6) is 5.88 Å². The quantitative estimate of drug-likeness (QED) is 0.816. The van der Waals surface area contributed by atoms with E-state index < -0.39 is 0 Å². The number of hydrogen-bond donors (Lipinski definition) is 2. The van der Waals surface area contributed by atoms with Crippen LogP contribution in [-0.4, -0.2) is 24.2 Å². The number of nitrogens with one attached hydrogen (secondary N) is 1. The van der Waals surface area contributed by atoms with E-state index in [1.54, 1.807) is 0 Å². The molecule has 0 aliphatic carbocycles. The topological polar surface area (TPSA) is 60.2 Å². The molecule has 0 fully saturated rings. The number of rotatable bonds is 6. The highest BCUT2D eigenvalue weighted by molar-refractivity contribution is 5.38. The summed E-state index contributed by atoms with van der Waals surface area (Å²) in [5.74, 6) is 1.50. The molecule has 0 spiro atoms. The Morgan fingerprint density at radius 3 is 2.67 bits per heavy atom. The Labute approximate surface area is 110 Å². The highest BCUT2D eigenvalue weighted by Gasteiger charge is 2.24. The Morgan fingerprint density at radius 2 is 2.11 bits per heavy atom. The van der Waals surface area contributed by atoms with Crippen molar-refractivity contribution in [2.24, 2.45) is 11.1 Å². The number of hydrogen-bond acceptors (Lipinski definition) is 4. The molecule has 0 radical (unpaired) electrons. The Balaban J connectivity index is 2.77. The summed E-state index contributed by atoms with van der Waals surface area (Å²) in [6.45, 7) is 9.85. The second-order valence-corrected chi connectivity index (χ2v) is 5.43. The van der Waals surface area contributed by atoms with Crippen LogP contribution in [0.1, 0.15) is 34.1 Å². The molecule has 4 heteroatoms. The number of nitrogens with zero attached hydrogens (tertiary/aromatic N) is 1. The first-order valence-corrected chi connectivity index (χ1v) is 6.53. The van der Waals surface area contributed by atoms with Crippen molar-refractivity contribution in [3.63, 3.8) is 0 Å². The van der Waals surface area contributed by atoms with Crippen molar-refractivity contribution in [3.05, 3.63) is 18.2 Å². The van der Waals surface area contributed by atoms with Crippen molar-refractivity contribution < 1.29 is 4.74 Å². The van der Waals surface area contributed by atoms with Crippen molar-refractivity contribution >= 4 is 5.82 Å². The van der Waals surface area contributed by atoms with Crippen molar-refractivity contribution in [3.8, 4) is 5.88 Å². The molecule has 1 rings (SSSR count). The Morgan fingerprint density at radius 1 is 1.39 bits per heavy atom. The minimum absolute atomic E-state index is 0.142. The molecule has 1 atom stereocenters. The van der Waals surface area contributed by atoms with Gasteiger partial charge < -0.3 is 15.8 Å². The molecule has 1 heterocycles. The molecule has 102 valence electrons. The third kappa shape index (κ3) is 4.53. The van der Waals surface area contributed by atoms with Crippen molar-refractivity contribution in [2.75, 3.05) is 18.5 Å². The van der Waals surface area contributed by atoms with Gasteiger partial charge in [-0.2, -0.15) is 4.98 Å². The molecule has 0 aliphatic heterocycles. The van der Waals surface area contributed by atoms with Gasteiger partial charge in [-0.3, -0.25) is 0 Å². The first-order valence-electron chi connectivity index (χ1n) is 6.53. The zero-order valence-electron chi connectivity index (χ0n) is 11.9. The predicted octanol–water partition coefficient (Wildman–Crippen LogP) is 2.66. The van der Waals surface area contributed by atoms with Crippen LogP contribution >= 0.6 is 0 Å². The second kappa shape index (κ2) is 6.59. The molecule has 0 amide bonds. The molecule has 18 heavy (non-hydrogen) atoms. The number of pyridine rings is 1. The van der Waals surface area contributed by atoms with Gasteiger partial charge in [-0.25, -0.2) is 0 Å². The maximum absolute atomic E-state index is 5.67. The van der Waals surface area contributed by atoms with Gasteiger partial charge in [0.25, 0.3) is 0 Å². The number of ether oxygens (including phenoxy) is 1. The largest absolute Gasteiger partial charge is 0.478 e. The zero-order chi connectivity index (χ0) is 13.6. The minimum atomic E-state index is 0.142. The molecule has 0 bridgehead atoms. The van der Waals surface area contributed by atoms with Crippen molar-refractivity contribution in [1.29, 1.82) is 0 Å². The van der Waals surface area contributed by atoms with Gasteiger partial charge >= 0.3 is 0 Å². The summed E-state index contributed by atoms with van der Waals surface area (Å²) in [4.78, 5) is 4.42. The van der Waals surface area contributed by atoms with Gasteiger partial charge in [0.15, 0.2) is 0 Å². The van der Waals surface area contributed by atoms with Gasteiger partial charge in [-0.15, -0.1) is 0 Å². The molecule has 0 aliphatic rings. The Kier molecular flexibility index (Phi) is 5.41. The van der Waals surface area contributed by atoms with Crippen LogP contribution < -0.4 is 15.8 Å². The van der Waals surface area contributed by atoms with Crippen LogP contribution in [0.3, 0.4) is 0 Å². The normalized spacial score (nSPS) is 13.2. The van der Waals surface area contributed by atoms with E-state index >= 15 is 0 Å². The van der Waals surface area contributed by atoms with Crippen LogP contribution in [0.4, 0.5) is 5.82 Å². The van der Waals surface area contributed by atoms with E-state index in [1.807, 2.05) is 25.1 Å². The molecule has 0 aromatic carbocycles. The molecule has 1 unspecified atom stereocenters. The molecule has 0 saturated carbocycles. The predicted molar refractivity (Wildman–Crippen MR) is 75.9 cm³/mol. The van der Waals surface area contributed by atoms with Gasteiger partial charge in [-0.1, -0.05) is 26.8 Å². The minimum Gasteiger partial charge on any atom is -0.478 e. The van der Waals surface area contributed by atoms with E-state index in [-0.39, 0.29) is 5.41 Å². The number of aromatic nitrogens is 1. The van der Waals surface area contributed by atoms with E-state index in [4.69, 9.17) is 10.5 Å². The maximum Gasteiger partial charge on any atom is 0.215 e. The standard InChI is InChI=1S/C14H25N3O/c1-5-18-13-8-6-7-12(17-13)16-11(9-10-15)14(2,3)4/h6-8,11H,5,9-10,15H2,1-4H3,(H,16,17). The number of anilines is 1. The molecule has 4 nitrogen and oxygen atoms in total. The van der Waals surface area contributed by atoms with Crippen LogP contribution in [0.15, 0.2) is 18.2 Å². The van der Waals surface area contributed by atoms with Gasteiger partial charge in [0.05, 0.1) is 6.61 Å². The van der Waals surface area contributed by atoms with Gasteiger partial charge in [0.1, 0.15) is 5.82 Å². The lowest BCUT2D eigenvalue weighted by molar-refractivity contribution is 0.321. The first-order chi connectivity index (χ1) is 8.47. The summed E-state index contributed by atoms with van der Waals surface area (Å²) in [5, 5.41) is 3.45. The van der Waals surface area contributed by atoms with Gasteiger partial charge in [0.2, 0.25) is 5.88 Å². The Hall–Kier alpha value is -1.29. The van der Waals surface area contributed by atoms with Gasteiger partial charge in [-0.05, 0) is 31.4 Å². The lowest BCUT2D eigenvalue weighted by Crippen LogP contribution is -2.36. The summed E-state index contributed by atoms with van der Waals surface area (Å²) in [5.41, 5.74) is 5.81. The van der Waals surface area contributed by atoms with Crippen LogP contribution in [0, 0.1) is 5.41 Å². The van der Waals surface area contributed by atoms with E-state index in [0.29, 0.717) is 25.1 Å². The van der Waals surface area contributed by atoms with Gasteiger partial charge in [0, 0.05) is 12.1 Å². The SMILES string of the molecule is CCOc1cccc(NC(CCN)C(C)(C)C)n1. The van der Waals surface area contributed by atoms with Crippen LogP contribution in [0.25, 0.3) is 0 Å². The van der Waals surface area contributed by atoms with E-state index in [2.05, 4.69) is 31.1 Å². The van der Waals surface area contributed by atoms with Crippen molar-refractivity contribution in [1.82, 2.24) is 4.98 Å². The maximum atomic E-state index is 5.67. The summed E-state index contributed by atoms with van der Waals surface area (Å²) >= 11 is 0. The van der Waals surface area contributed by atoms with E-state index in [0.717, 1.165) is 12.2 Å². The molecule has 1 aromatic rings. The smallest absolute Gasteiger partial charge is 0.215 e. The monoisotopic (exact) mass is 251 g/mol. The molecular weight excluding hydrogens is 226 g/mol. The van der Waals surface area contributed by atoms with E-state index in [1.165, 1.54) is 0 Å². The summed E-state index contributed by atoms with van der Waals surface area (Å²) in [6.07, 6.45) is 0.921.